The zero-order valence-corrected chi connectivity index (χ0v) is 10.6. The molecule has 86 valence electrons. The Bertz CT molecular complexity index is 146. The van der Waals surface area contributed by atoms with Gasteiger partial charge in [0.2, 0.25) is 0 Å². The molecule has 0 amide bonds. The summed E-state index contributed by atoms with van der Waals surface area (Å²) in [5.74, 6) is 0.829. The second-order valence-electron chi connectivity index (χ2n) is 4.45. The molecule has 0 rings (SSSR count). The normalized spacial score (nSPS) is 13.4. The molecule has 0 aromatic heterocycles. The summed E-state index contributed by atoms with van der Waals surface area (Å²) < 4.78 is 10.4. The van der Waals surface area contributed by atoms with Crippen LogP contribution in [0.1, 0.15) is 58.8 Å². The van der Waals surface area contributed by atoms with Gasteiger partial charge in [-0.15, -0.1) is 0 Å². The maximum atomic E-state index is 10.4. The first kappa shape index (κ1) is 14.2. The van der Waals surface area contributed by atoms with Gasteiger partial charge in [0.1, 0.15) is 0 Å². The van der Waals surface area contributed by atoms with Gasteiger partial charge in [-0.3, -0.25) is 4.57 Å². The highest BCUT2D eigenvalue weighted by Crippen LogP contribution is 2.17. The molecule has 2 nitrogen and oxygen atoms in total. The number of hydrogen-bond donors (Lipinski definition) is 1. The Morgan fingerprint density at radius 3 is 2.00 bits per heavy atom. The minimum Gasteiger partial charge on any atom is -0.346 e. The smallest absolute Gasteiger partial charge is 0.189 e. The van der Waals surface area contributed by atoms with E-state index in [0.29, 0.717) is 6.16 Å². The van der Waals surface area contributed by atoms with Gasteiger partial charge in [0, 0.05) is 6.16 Å². The van der Waals surface area contributed by atoms with Crippen LogP contribution in [0, 0.1) is 5.92 Å². The van der Waals surface area contributed by atoms with Crippen LogP contribution in [0.5, 0.6) is 0 Å². The van der Waals surface area contributed by atoms with Gasteiger partial charge in [-0.05, 0) is 12.3 Å². The standard InChI is InChI=1S/C11H25O2P/c1-11(2)9-7-5-3-4-6-8-10-14(12)13/h11,14H,3-10H2,1-2H3,(H,12,13). The molecule has 0 heterocycles. The van der Waals surface area contributed by atoms with Crippen LogP contribution in [0.4, 0.5) is 0 Å². The highest BCUT2D eigenvalue weighted by molar-refractivity contribution is 7.37. The van der Waals surface area contributed by atoms with E-state index in [1.807, 2.05) is 0 Å². The summed E-state index contributed by atoms with van der Waals surface area (Å²) in [4.78, 5) is 8.60. The van der Waals surface area contributed by atoms with E-state index in [-0.39, 0.29) is 0 Å². The molecule has 0 aromatic rings. The van der Waals surface area contributed by atoms with Crippen LogP contribution in [0.25, 0.3) is 0 Å². The van der Waals surface area contributed by atoms with Gasteiger partial charge in [-0.25, -0.2) is 0 Å². The SMILES string of the molecule is CC(C)CCCCCCCC[PH](=O)O. The average Bonchev–Trinajstić information content (AvgIpc) is 2.08. The molecule has 0 bridgehead atoms. The second kappa shape index (κ2) is 9.73. The van der Waals surface area contributed by atoms with Crippen molar-refractivity contribution in [2.24, 2.45) is 5.92 Å². The summed E-state index contributed by atoms with van der Waals surface area (Å²) in [5.41, 5.74) is 0. The predicted octanol–water partition coefficient (Wildman–Crippen LogP) is 3.84. The molecular formula is C11H25O2P. The topological polar surface area (TPSA) is 37.3 Å². The fraction of sp³-hybridized carbons (Fsp3) is 1.00. The first-order chi connectivity index (χ1) is 6.63. The summed E-state index contributed by atoms with van der Waals surface area (Å²) in [6, 6.07) is 0. The van der Waals surface area contributed by atoms with Crippen molar-refractivity contribution in [2.75, 3.05) is 6.16 Å². The third kappa shape index (κ3) is 12.2. The van der Waals surface area contributed by atoms with Crippen molar-refractivity contribution in [2.45, 2.75) is 58.8 Å². The monoisotopic (exact) mass is 220 g/mol. The third-order valence-corrected chi connectivity index (χ3v) is 3.20. The molecule has 0 aliphatic carbocycles. The molecule has 0 aliphatic heterocycles. The first-order valence-electron chi connectivity index (χ1n) is 5.84. The summed E-state index contributed by atoms with van der Waals surface area (Å²) in [6.45, 7) is 4.53. The number of unbranched alkanes of at least 4 members (excludes halogenated alkanes) is 5. The first-order valence-corrected chi connectivity index (χ1v) is 7.41. The molecular weight excluding hydrogens is 195 g/mol. The highest BCUT2D eigenvalue weighted by Gasteiger charge is 1.96. The summed E-state index contributed by atoms with van der Waals surface area (Å²) >= 11 is 0. The van der Waals surface area contributed by atoms with Crippen molar-refractivity contribution in [3.05, 3.63) is 0 Å². The number of hydrogen-bond acceptors (Lipinski definition) is 1. The molecule has 0 fully saturated rings. The molecule has 0 saturated heterocycles. The van der Waals surface area contributed by atoms with E-state index >= 15 is 0 Å². The van der Waals surface area contributed by atoms with E-state index < -0.39 is 8.03 Å². The summed E-state index contributed by atoms with van der Waals surface area (Å²) in [7, 11) is -2.19. The van der Waals surface area contributed by atoms with E-state index in [2.05, 4.69) is 13.8 Å². The summed E-state index contributed by atoms with van der Waals surface area (Å²) in [6.07, 6.45) is 9.10. The largest absolute Gasteiger partial charge is 0.346 e. The minimum atomic E-state index is -2.19. The highest BCUT2D eigenvalue weighted by atomic mass is 31.1. The fourth-order valence-corrected chi connectivity index (χ4v) is 2.09. The van der Waals surface area contributed by atoms with E-state index in [4.69, 9.17) is 4.89 Å². The molecule has 1 atom stereocenters. The zero-order valence-electron chi connectivity index (χ0n) is 9.59. The lowest BCUT2D eigenvalue weighted by Crippen LogP contribution is -1.87. The van der Waals surface area contributed by atoms with Crippen molar-refractivity contribution in [3.8, 4) is 0 Å². The van der Waals surface area contributed by atoms with Gasteiger partial charge >= 0.3 is 0 Å². The van der Waals surface area contributed by atoms with E-state index in [1.165, 1.54) is 32.1 Å². The molecule has 1 unspecified atom stereocenters. The Kier molecular flexibility index (Phi) is 9.87. The van der Waals surface area contributed by atoms with Gasteiger partial charge in [-0.2, -0.15) is 0 Å². The van der Waals surface area contributed by atoms with Crippen molar-refractivity contribution in [3.63, 3.8) is 0 Å². The summed E-state index contributed by atoms with van der Waals surface area (Å²) in [5, 5.41) is 0. The third-order valence-electron chi connectivity index (χ3n) is 2.42. The fourth-order valence-electron chi connectivity index (χ4n) is 1.54. The molecule has 0 aliphatic rings. The Balaban J connectivity index is 2.96. The van der Waals surface area contributed by atoms with E-state index in [0.717, 1.165) is 18.8 Å². The Hall–Kier alpha value is 0.190. The van der Waals surface area contributed by atoms with Gasteiger partial charge in [0.15, 0.2) is 8.03 Å². The number of rotatable bonds is 9. The van der Waals surface area contributed by atoms with Crippen molar-refractivity contribution in [1.82, 2.24) is 0 Å². The predicted molar refractivity (Wildman–Crippen MR) is 63.2 cm³/mol. The lowest BCUT2D eigenvalue weighted by Gasteiger charge is -2.03. The van der Waals surface area contributed by atoms with Crippen LogP contribution in [-0.4, -0.2) is 11.1 Å². The van der Waals surface area contributed by atoms with Crippen LogP contribution >= 0.6 is 8.03 Å². The molecule has 0 spiro atoms. The van der Waals surface area contributed by atoms with Crippen LogP contribution in [0.3, 0.4) is 0 Å². The van der Waals surface area contributed by atoms with Gasteiger partial charge in [-0.1, -0.05) is 52.4 Å². The van der Waals surface area contributed by atoms with Gasteiger partial charge in [0.05, 0.1) is 0 Å². The molecule has 14 heavy (non-hydrogen) atoms. The van der Waals surface area contributed by atoms with Crippen LogP contribution in [0.15, 0.2) is 0 Å². The van der Waals surface area contributed by atoms with E-state index in [1.54, 1.807) is 0 Å². The van der Waals surface area contributed by atoms with Crippen LogP contribution < -0.4 is 0 Å². The van der Waals surface area contributed by atoms with Crippen LogP contribution in [-0.2, 0) is 4.57 Å². The zero-order chi connectivity index (χ0) is 10.8. The lowest BCUT2D eigenvalue weighted by atomic mass is 10.0. The maximum Gasteiger partial charge on any atom is 0.189 e. The molecule has 0 aromatic carbocycles. The molecule has 0 saturated carbocycles. The Labute approximate surface area is 89.0 Å². The van der Waals surface area contributed by atoms with Crippen molar-refractivity contribution < 1.29 is 9.46 Å². The van der Waals surface area contributed by atoms with E-state index in [9.17, 15) is 4.57 Å². The molecule has 1 N–H and O–H groups in total. The van der Waals surface area contributed by atoms with Gasteiger partial charge in [0.25, 0.3) is 0 Å². The Morgan fingerprint density at radius 2 is 1.50 bits per heavy atom. The Morgan fingerprint density at radius 1 is 1.00 bits per heavy atom. The van der Waals surface area contributed by atoms with Crippen LogP contribution in [0.2, 0.25) is 0 Å². The lowest BCUT2D eigenvalue weighted by molar-refractivity contribution is 0.495. The van der Waals surface area contributed by atoms with Gasteiger partial charge < -0.3 is 4.89 Å². The molecule has 3 heteroatoms. The minimum absolute atomic E-state index is 0.524. The quantitative estimate of drug-likeness (QED) is 0.473. The second-order valence-corrected chi connectivity index (χ2v) is 5.74. The van der Waals surface area contributed by atoms with Crippen molar-refractivity contribution >= 4 is 8.03 Å². The van der Waals surface area contributed by atoms with Crippen molar-refractivity contribution in [1.29, 1.82) is 0 Å². The molecule has 0 radical (unpaired) electrons. The maximum absolute atomic E-state index is 10.4. The average molecular weight is 220 g/mol.